The average Bonchev–Trinajstić information content (AvgIpc) is 2.78. The average molecular weight is 479 g/mol. The summed E-state index contributed by atoms with van der Waals surface area (Å²) in [7, 11) is 0. The largest absolute Gasteiger partial charge is 0.375 e. The number of nitrogens with zero attached hydrogens (tertiary/aromatic N) is 1. The molecule has 0 aliphatic heterocycles. The van der Waals surface area contributed by atoms with Crippen LogP contribution >= 0.6 is 15.9 Å². The number of benzene rings is 3. The molecule has 1 atom stereocenters. The molecule has 6 nitrogen and oxygen atoms in total. The van der Waals surface area contributed by atoms with E-state index in [1.165, 1.54) is 0 Å². The zero-order valence-electron chi connectivity index (χ0n) is 16.6. The van der Waals surface area contributed by atoms with Crippen molar-refractivity contribution < 1.29 is 14.4 Å². The van der Waals surface area contributed by atoms with Crippen molar-refractivity contribution in [1.29, 1.82) is 0 Å². The lowest BCUT2D eigenvalue weighted by atomic mass is 9.86. The number of aromatic nitrogens is 1. The van der Waals surface area contributed by atoms with Crippen molar-refractivity contribution in [3.63, 3.8) is 0 Å². The molecule has 2 N–H and O–H groups in total. The fraction of sp³-hybridized carbons (Fsp3) is 0.125. The van der Waals surface area contributed by atoms with Gasteiger partial charge in [0.1, 0.15) is 0 Å². The maximum Gasteiger partial charge on any atom is 0.366 e. The second-order valence-electron chi connectivity index (χ2n) is 7.26. The van der Waals surface area contributed by atoms with Gasteiger partial charge in [0.2, 0.25) is 0 Å². The highest BCUT2D eigenvalue weighted by Gasteiger charge is 2.38. The summed E-state index contributed by atoms with van der Waals surface area (Å²) < 4.78 is 5.55. The molecule has 3 aromatic carbocycles. The summed E-state index contributed by atoms with van der Waals surface area (Å²) in [4.78, 5) is 25.2. The van der Waals surface area contributed by atoms with Crippen LogP contribution in [0.25, 0.3) is 10.8 Å². The van der Waals surface area contributed by atoms with Gasteiger partial charge in [-0.2, -0.15) is 0 Å². The molecule has 1 unspecified atom stereocenters. The van der Waals surface area contributed by atoms with E-state index in [1.54, 1.807) is 49.4 Å². The summed E-state index contributed by atoms with van der Waals surface area (Å²) in [5, 5.41) is 19.1. The van der Waals surface area contributed by atoms with Crippen LogP contribution in [0.2, 0.25) is 0 Å². The Hall–Kier alpha value is -3.29. The van der Waals surface area contributed by atoms with Gasteiger partial charge in [0.15, 0.2) is 5.60 Å². The predicted octanol–water partition coefficient (Wildman–Crippen LogP) is 4.33. The Kier molecular flexibility index (Phi) is 5.71. The summed E-state index contributed by atoms with van der Waals surface area (Å²) in [6.45, 7) is 1.71. The normalized spacial score (nSPS) is 13.0. The van der Waals surface area contributed by atoms with Crippen molar-refractivity contribution in [2.24, 2.45) is 0 Å². The standard InChI is InChI=1S/C24H19BrN2O4/c1-15-20-13-18(11-12-19(20)22(28)31-27-15)26-23(29)24(30,17-8-3-2-4-9-17)14-16-7-5-6-10-21(16)25/h2-13,30H,14H2,1H3,(H,26,29). The summed E-state index contributed by atoms with van der Waals surface area (Å²) in [5.41, 5.74) is -0.133. The lowest BCUT2D eigenvalue weighted by Gasteiger charge is -2.28. The van der Waals surface area contributed by atoms with Crippen molar-refractivity contribution in [3.05, 3.63) is 105 Å². The number of anilines is 1. The second-order valence-corrected chi connectivity index (χ2v) is 8.12. The van der Waals surface area contributed by atoms with Gasteiger partial charge in [0, 0.05) is 22.0 Å². The Bertz CT molecular complexity index is 1320. The molecule has 1 heterocycles. The molecular formula is C24H19BrN2O4. The smallest absolute Gasteiger partial charge is 0.366 e. The minimum absolute atomic E-state index is 0.0715. The summed E-state index contributed by atoms with van der Waals surface area (Å²) in [6.07, 6.45) is 0.0715. The molecule has 0 fully saturated rings. The quantitative estimate of drug-likeness (QED) is 0.445. The highest BCUT2D eigenvalue weighted by atomic mass is 79.9. The van der Waals surface area contributed by atoms with Gasteiger partial charge in [-0.05, 0) is 42.3 Å². The monoisotopic (exact) mass is 478 g/mol. The molecule has 7 heteroatoms. The maximum atomic E-state index is 13.4. The minimum atomic E-state index is -1.82. The molecule has 0 spiro atoms. The summed E-state index contributed by atoms with van der Waals surface area (Å²) in [6, 6.07) is 21.1. The van der Waals surface area contributed by atoms with E-state index in [1.807, 2.05) is 30.3 Å². The van der Waals surface area contributed by atoms with Crippen LogP contribution < -0.4 is 10.9 Å². The number of fused-ring (bicyclic) bond motifs is 1. The van der Waals surface area contributed by atoms with E-state index in [9.17, 15) is 14.7 Å². The number of nitrogens with one attached hydrogen (secondary N) is 1. The molecule has 4 rings (SSSR count). The van der Waals surface area contributed by atoms with E-state index in [-0.39, 0.29) is 6.42 Å². The molecule has 1 aromatic heterocycles. The van der Waals surface area contributed by atoms with Crippen LogP contribution in [0.5, 0.6) is 0 Å². The van der Waals surface area contributed by atoms with Crippen LogP contribution in [0.1, 0.15) is 16.8 Å². The van der Waals surface area contributed by atoms with Crippen LogP contribution in [0, 0.1) is 6.92 Å². The molecule has 156 valence electrons. The van der Waals surface area contributed by atoms with E-state index in [0.29, 0.717) is 27.7 Å². The van der Waals surface area contributed by atoms with Crippen LogP contribution in [-0.4, -0.2) is 16.2 Å². The number of aliphatic hydroxyl groups is 1. The third-order valence-corrected chi connectivity index (χ3v) is 5.96. The van der Waals surface area contributed by atoms with E-state index < -0.39 is 17.1 Å². The van der Waals surface area contributed by atoms with E-state index in [0.717, 1.165) is 10.0 Å². The number of halogens is 1. The maximum absolute atomic E-state index is 13.4. The minimum Gasteiger partial charge on any atom is -0.375 e. The number of carbonyl (C=O) groups is 1. The van der Waals surface area contributed by atoms with Gasteiger partial charge in [0.25, 0.3) is 5.91 Å². The van der Waals surface area contributed by atoms with Gasteiger partial charge >= 0.3 is 5.63 Å². The van der Waals surface area contributed by atoms with Gasteiger partial charge < -0.3 is 14.9 Å². The molecule has 0 saturated heterocycles. The van der Waals surface area contributed by atoms with Crippen molar-refractivity contribution in [1.82, 2.24) is 5.16 Å². The van der Waals surface area contributed by atoms with Gasteiger partial charge in [-0.1, -0.05) is 69.6 Å². The number of carbonyl (C=O) groups excluding carboxylic acids is 1. The van der Waals surface area contributed by atoms with Gasteiger partial charge in [-0.3, -0.25) is 4.79 Å². The Labute approximate surface area is 186 Å². The van der Waals surface area contributed by atoms with Gasteiger partial charge in [-0.25, -0.2) is 4.79 Å². The van der Waals surface area contributed by atoms with Gasteiger partial charge in [-0.15, -0.1) is 0 Å². The first-order valence-corrected chi connectivity index (χ1v) is 10.4. The lowest BCUT2D eigenvalue weighted by Crippen LogP contribution is -2.42. The Morgan fingerprint density at radius 1 is 1.06 bits per heavy atom. The number of rotatable bonds is 5. The Morgan fingerprint density at radius 2 is 1.77 bits per heavy atom. The first-order valence-electron chi connectivity index (χ1n) is 9.61. The first-order chi connectivity index (χ1) is 14.9. The molecule has 4 aromatic rings. The number of amides is 1. The topological polar surface area (TPSA) is 92.4 Å². The fourth-order valence-electron chi connectivity index (χ4n) is 3.49. The highest BCUT2D eigenvalue weighted by Crippen LogP contribution is 2.31. The van der Waals surface area contributed by atoms with Crippen LogP contribution in [-0.2, 0) is 16.8 Å². The van der Waals surface area contributed by atoms with Crippen LogP contribution in [0.4, 0.5) is 5.69 Å². The molecule has 1 amide bonds. The van der Waals surface area contributed by atoms with Crippen LogP contribution in [0.15, 0.2) is 86.6 Å². The number of hydrogen-bond donors (Lipinski definition) is 2. The molecule has 0 aliphatic rings. The molecule has 0 radical (unpaired) electrons. The predicted molar refractivity (Wildman–Crippen MR) is 122 cm³/mol. The van der Waals surface area contributed by atoms with Crippen molar-refractivity contribution in [2.75, 3.05) is 5.32 Å². The van der Waals surface area contributed by atoms with E-state index in [2.05, 4.69) is 26.4 Å². The molecule has 0 bridgehead atoms. The van der Waals surface area contributed by atoms with Crippen LogP contribution in [0.3, 0.4) is 0 Å². The van der Waals surface area contributed by atoms with Crippen molar-refractivity contribution in [2.45, 2.75) is 18.9 Å². The third kappa shape index (κ3) is 4.15. The van der Waals surface area contributed by atoms with E-state index >= 15 is 0 Å². The third-order valence-electron chi connectivity index (χ3n) is 5.18. The SMILES string of the molecule is Cc1noc(=O)c2ccc(NC(=O)C(O)(Cc3ccccc3Br)c3ccccc3)cc12. The summed E-state index contributed by atoms with van der Waals surface area (Å²) in [5.74, 6) is -0.581. The summed E-state index contributed by atoms with van der Waals surface area (Å²) >= 11 is 3.49. The van der Waals surface area contributed by atoms with Crippen molar-refractivity contribution >= 4 is 38.3 Å². The zero-order valence-corrected chi connectivity index (χ0v) is 18.2. The Morgan fingerprint density at radius 3 is 2.52 bits per heavy atom. The molecule has 0 saturated carbocycles. The lowest BCUT2D eigenvalue weighted by molar-refractivity contribution is -0.135. The number of aryl methyl sites for hydroxylation is 1. The van der Waals surface area contributed by atoms with Crippen molar-refractivity contribution in [3.8, 4) is 0 Å². The molecule has 0 aliphatic carbocycles. The van der Waals surface area contributed by atoms with Gasteiger partial charge in [0.05, 0.1) is 11.1 Å². The van der Waals surface area contributed by atoms with E-state index in [4.69, 9.17) is 4.52 Å². The Balaban J connectivity index is 1.73. The molecule has 31 heavy (non-hydrogen) atoms. The fourth-order valence-corrected chi connectivity index (χ4v) is 3.91. The first kappa shape index (κ1) is 21.0. The highest BCUT2D eigenvalue weighted by molar-refractivity contribution is 9.10. The number of hydrogen-bond acceptors (Lipinski definition) is 5. The second kappa shape index (κ2) is 8.45. The molecular weight excluding hydrogens is 460 g/mol. The zero-order chi connectivity index (χ0) is 22.0.